The van der Waals surface area contributed by atoms with Gasteiger partial charge in [-0.05, 0) is 53.3 Å². The standard InChI is InChI=1S/C13H12IN3O3/c1-8-4-10(14)2-3-11(8)16-6-9(5-15)13(20)17-7-12(18)19/h2-4,6,16H,7H2,1H3,(H,17,20)(H,18,19)/b9-6-. The van der Waals surface area contributed by atoms with Crippen molar-refractivity contribution >= 4 is 40.2 Å². The van der Waals surface area contributed by atoms with Gasteiger partial charge in [0, 0.05) is 15.5 Å². The summed E-state index contributed by atoms with van der Waals surface area (Å²) in [6.45, 7) is 1.37. The van der Waals surface area contributed by atoms with Crippen molar-refractivity contribution in [1.82, 2.24) is 5.32 Å². The number of aliphatic carboxylic acids is 1. The number of aryl methyl sites for hydroxylation is 1. The molecule has 0 radical (unpaired) electrons. The van der Waals surface area contributed by atoms with Gasteiger partial charge in [0.2, 0.25) is 0 Å². The van der Waals surface area contributed by atoms with Gasteiger partial charge in [-0.2, -0.15) is 5.26 Å². The van der Waals surface area contributed by atoms with E-state index in [0.29, 0.717) is 0 Å². The summed E-state index contributed by atoms with van der Waals surface area (Å²) in [7, 11) is 0. The minimum Gasteiger partial charge on any atom is -0.480 e. The van der Waals surface area contributed by atoms with Crippen LogP contribution in [0, 0.1) is 21.8 Å². The number of anilines is 1. The lowest BCUT2D eigenvalue weighted by atomic mass is 10.2. The molecular weight excluding hydrogens is 373 g/mol. The molecule has 0 aliphatic carbocycles. The molecule has 0 unspecified atom stereocenters. The number of carbonyl (C=O) groups is 2. The molecule has 3 N–H and O–H groups in total. The fourth-order valence-electron chi connectivity index (χ4n) is 1.34. The van der Waals surface area contributed by atoms with E-state index in [1.54, 1.807) is 6.07 Å². The normalized spacial score (nSPS) is 10.6. The summed E-state index contributed by atoms with van der Waals surface area (Å²) in [5, 5.41) is 22.3. The first-order chi connectivity index (χ1) is 9.43. The van der Waals surface area contributed by atoms with E-state index in [1.165, 1.54) is 6.20 Å². The molecule has 1 aromatic carbocycles. The molecule has 0 aromatic heterocycles. The number of halogens is 1. The molecule has 1 amide bonds. The third-order valence-electron chi connectivity index (χ3n) is 2.33. The molecule has 1 aromatic rings. The largest absolute Gasteiger partial charge is 0.480 e. The van der Waals surface area contributed by atoms with E-state index in [4.69, 9.17) is 10.4 Å². The van der Waals surface area contributed by atoms with Gasteiger partial charge in [0.25, 0.3) is 5.91 Å². The Labute approximate surface area is 129 Å². The van der Waals surface area contributed by atoms with E-state index in [1.807, 2.05) is 25.1 Å². The Bertz CT molecular complexity index is 605. The Morgan fingerprint density at radius 2 is 2.20 bits per heavy atom. The summed E-state index contributed by atoms with van der Waals surface area (Å²) in [5.74, 6) is -1.90. The molecule has 20 heavy (non-hydrogen) atoms. The van der Waals surface area contributed by atoms with Gasteiger partial charge in [-0.3, -0.25) is 9.59 Å². The highest BCUT2D eigenvalue weighted by molar-refractivity contribution is 14.1. The van der Waals surface area contributed by atoms with Crippen molar-refractivity contribution in [3.05, 3.63) is 39.1 Å². The van der Waals surface area contributed by atoms with Gasteiger partial charge in [-0.25, -0.2) is 0 Å². The molecule has 1 rings (SSSR count). The molecule has 0 aliphatic heterocycles. The van der Waals surface area contributed by atoms with E-state index < -0.39 is 18.4 Å². The quantitative estimate of drug-likeness (QED) is 0.406. The number of hydrogen-bond acceptors (Lipinski definition) is 4. The Balaban J connectivity index is 2.77. The maximum absolute atomic E-state index is 11.5. The monoisotopic (exact) mass is 385 g/mol. The number of nitrogens with one attached hydrogen (secondary N) is 2. The molecule has 7 heteroatoms. The first-order valence-corrected chi connectivity index (χ1v) is 6.65. The van der Waals surface area contributed by atoms with Crippen LogP contribution in [-0.4, -0.2) is 23.5 Å². The van der Waals surface area contributed by atoms with Crippen molar-refractivity contribution in [1.29, 1.82) is 5.26 Å². The first-order valence-electron chi connectivity index (χ1n) is 5.57. The van der Waals surface area contributed by atoms with Crippen molar-refractivity contribution in [2.75, 3.05) is 11.9 Å². The van der Waals surface area contributed by atoms with Crippen LogP contribution in [0.4, 0.5) is 5.69 Å². The number of nitrogens with zero attached hydrogens (tertiary/aromatic N) is 1. The maximum atomic E-state index is 11.5. The predicted octanol–water partition coefficient (Wildman–Crippen LogP) is 1.62. The Morgan fingerprint density at radius 1 is 1.50 bits per heavy atom. The van der Waals surface area contributed by atoms with E-state index in [9.17, 15) is 9.59 Å². The lowest BCUT2D eigenvalue weighted by Crippen LogP contribution is -2.30. The average Bonchev–Trinajstić information content (AvgIpc) is 2.39. The molecule has 0 atom stereocenters. The van der Waals surface area contributed by atoms with Crippen LogP contribution in [0.2, 0.25) is 0 Å². The number of carboxylic acid groups (broad SMARTS) is 1. The molecule has 6 nitrogen and oxygen atoms in total. The molecule has 0 bridgehead atoms. The molecule has 0 heterocycles. The second-order valence-electron chi connectivity index (χ2n) is 3.85. The number of amides is 1. The average molecular weight is 385 g/mol. The van der Waals surface area contributed by atoms with Gasteiger partial charge in [0.05, 0.1) is 0 Å². The first kappa shape index (κ1) is 16.0. The SMILES string of the molecule is Cc1cc(I)ccc1N/C=C(/C#N)C(=O)NCC(=O)O. The summed E-state index contributed by atoms with van der Waals surface area (Å²) >= 11 is 2.18. The summed E-state index contributed by atoms with van der Waals surface area (Å²) in [6.07, 6.45) is 1.26. The molecule has 0 spiro atoms. The Kier molecular flexibility index (Phi) is 5.99. The number of benzene rings is 1. The minimum atomic E-state index is -1.17. The fraction of sp³-hybridized carbons (Fsp3) is 0.154. The Morgan fingerprint density at radius 3 is 2.75 bits per heavy atom. The summed E-state index contributed by atoms with van der Waals surface area (Å²) in [6, 6.07) is 7.39. The van der Waals surface area contributed by atoms with Crippen LogP contribution in [0.15, 0.2) is 30.0 Å². The van der Waals surface area contributed by atoms with E-state index in [2.05, 4.69) is 33.2 Å². The van der Waals surface area contributed by atoms with Crippen molar-refractivity contribution in [2.24, 2.45) is 0 Å². The van der Waals surface area contributed by atoms with Crippen LogP contribution in [0.1, 0.15) is 5.56 Å². The van der Waals surface area contributed by atoms with Crippen LogP contribution in [0.25, 0.3) is 0 Å². The Hall–Kier alpha value is -2.08. The van der Waals surface area contributed by atoms with Crippen molar-refractivity contribution < 1.29 is 14.7 Å². The van der Waals surface area contributed by atoms with Crippen molar-refractivity contribution in [2.45, 2.75) is 6.92 Å². The smallest absolute Gasteiger partial charge is 0.322 e. The van der Waals surface area contributed by atoms with E-state index in [-0.39, 0.29) is 5.57 Å². The number of nitriles is 1. The summed E-state index contributed by atoms with van der Waals surface area (Å²) < 4.78 is 1.08. The second-order valence-corrected chi connectivity index (χ2v) is 5.10. The number of hydrogen-bond donors (Lipinski definition) is 3. The number of carboxylic acids is 1. The van der Waals surface area contributed by atoms with Crippen LogP contribution in [0.3, 0.4) is 0 Å². The van der Waals surface area contributed by atoms with E-state index >= 15 is 0 Å². The summed E-state index contributed by atoms with van der Waals surface area (Å²) in [5.41, 5.74) is 1.55. The number of rotatable bonds is 5. The molecule has 0 saturated heterocycles. The second kappa shape index (κ2) is 7.49. The zero-order valence-electron chi connectivity index (χ0n) is 10.6. The van der Waals surface area contributed by atoms with Crippen LogP contribution >= 0.6 is 22.6 Å². The van der Waals surface area contributed by atoms with Crippen molar-refractivity contribution in [3.8, 4) is 6.07 Å². The lowest BCUT2D eigenvalue weighted by molar-refractivity contribution is -0.137. The van der Waals surface area contributed by atoms with Gasteiger partial charge in [0.1, 0.15) is 18.2 Å². The molecular formula is C13H12IN3O3. The predicted molar refractivity (Wildman–Crippen MR) is 81.9 cm³/mol. The maximum Gasteiger partial charge on any atom is 0.322 e. The van der Waals surface area contributed by atoms with Crippen LogP contribution in [0.5, 0.6) is 0 Å². The highest BCUT2D eigenvalue weighted by Gasteiger charge is 2.10. The minimum absolute atomic E-state index is 0.191. The number of carbonyl (C=O) groups excluding carboxylic acids is 1. The van der Waals surface area contributed by atoms with Crippen molar-refractivity contribution in [3.63, 3.8) is 0 Å². The lowest BCUT2D eigenvalue weighted by Gasteiger charge is -2.06. The van der Waals surface area contributed by atoms with Crippen LogP contribution < -0.4 is 10.6 Å². The zero-order valence-corrected chi connectivity index (χ0v) is 12.8. The van der Waals surface area contributed by atoms with Gasteiger partial charge >= 0.3 is 5.97 Å². The topological polar surface area (TPSA) is 102 Å². The van der Waals surface area contributed by atoms with Gasteiger partial charge < -0.3 is 15.7 Å². The van der Waals surface area contributed by atoms with Gasteiger partial charge in [-0.15, -0.1) is 0 Å². The third kappa shape index (κ3) is 4.89. The highest BCUT2D eigenvalue weighted by Crippen LogP contribution is 2.17. The third-order valence-corrected chi connectivity index (χ3v) is 3.00. The highest BCUT2D eigenvalue weighted by atomic mass is 127. The fourth-order valence-corrected chi connectivity index (χ4v) is 1.99. The van der Waals surface area contributed by atoms with Gasteiger partial charge in [-0.1, -0.05) is 0 Å². The molecule has 0 fully saturated rings. The molecule has 0 aliphatic rings. The van der Waals surface area contributed by atoms with Crippen LogP contribution in [-0.2, 0) is 9.59 Å². The van der Waals surface area contributed by atoms with E-state index in [0.717, 1.165) is 14.8 Å². The molecule has 0 saturated carbocycles. The molecule has 104 valence electrons. The van der Waals surface area contributed by atoms with Gasteiger partial charge in [0.15, 0.2) is 0 Å². The summed E-state index contributed by atoms with van der Waals surface area (Å²) in [4.78, 5) is 21.9. The zero-order chi connectivity index (χ0) is 15.1.